The molecule has 2 aliphatic heterocycles. The fourth-order valence-corrected chi connectivity index (χ4v) is 3.38. The number of amides is 1. The molecule has 2 heterocycles. The molecule has 1 spiro atoms. The number of hydrogen-bond donors (Lipinski definition) is 1. The van der Waals surface area contributed by atoms with Gasteiger partial charge in [0, 0.05) is 19.1 Å². The molecule has 0 aromatic heterocycles. The molecule has 0 bridgehead atoms. The second-order valence-electron chi connectivity index (χ2n) is 6.37. The normalized spacial score (nSPS) is 30.3. The number of nitrogens with zero attached hydrogens (tertiary/aromatic N) is 1. The van der Waals surface area contributed by atoms with Crippen molar-refractivity contribution in [1.82, 2.24) is 10.2 Å². The number of ether oxygens (including phenoxy) is 1. The molecule has 112 valence electrons. The summed E-state index contributed by atoms with van der Waals surface area (Å²) in [6.07, 6.45) is 2.68. The Balaban J connectivity index is 1.60. The topological polar surface area (TPSA) is 41.6 Å². The Morgan fingerprint density at radius 2 is 2.10 bits per heavy atom. The van der Waals surface area contributed by atoms with Gasteiger partial charge in [-0.1, -0.05) is 12.1 Å². The summed E-state index contributed by atoms with van der Waals surface area (Å²) in [5.41, 5.74) is 0.603. The number of rotatable bonds is 3. The van der Waals surface area contributed by atoms with E-state index in [9.17, 15) is 9.18 Å². The molecule has 1 amide bonds. The molecule has 3 aliphatic rings. The van der Waals surface area contributed by atoms with E-state index in [0.717, 1.165) is 44.6 Å². The van der Waals surface area contributed by atoms with E-state index < -0.39 is 0 Å². The van der Waals surface area contributed by atoms with Crippen LogP contribution in [0.4, 0.5) is 4.39 Å². The Bertz CT molecular complexity index is 550. The molecular formula is C16H19FN2O2. The standard InChI is InChI=1S/C16H19FN2O2/c17-13-3-1-12(2-4-13)14-18-16(6-7-16)15(20)19(14)9-11-5-8-21-10-11/h1-4,11,14,18H,5-10H2. The van der Waals surface area contributed by atoms with Crippen molar-refractivity contribution >= 4 is 5.91 Å². The summed E-state index contributed by atoms with van der Waals surface area (Å²) < 4.78 is 18.5. The van der Waals surface area contributed by atoms with Gasteiger partial charge in [0.1, 0.15) is 17.5 Å². The van der Waals surface area contributed by atoms with Gasteiger partial charge in [0.15, 0.2) is 0 Å². The van der Waals surface area contributed by atoms with Crippen LogP contribution < -0.4 is 5.32 Å². The Morgan fingerprint density at radius 3 is 2.71 bits per heavy atom. The molecule has 1 aliphatic carbocycles. The largest absolute Gasteiger partial charge is 0.381 e. The first-order valence-electron chi connectivity index (χ1n) is 7.60. The van der Waals surface area contributed by atoms with E-state index in [-0.39, 0.29) is 23.4 Å². The van der Waals surface area contributed by atoms with Gasteiger partial charge < -0.3 is 9.64 Å². The lowest BCUT2D eigenvalue weighted by molar-refractivity contribution is -0.131. The van der Waals surface area contributed by atoms with Crippen LogP contribution in [0.1, 0.15) is 31.0 Å². The Kier molecular flexibility index (Phi) is 3.01. The summed E-state index contributed by atoms with van der Waals surface area (Å²) in [4.78, 5) is 14.6. The molecule has 1 saturated carbocycles. The molecule has 1 aromatic carbocycles. The fourth-order valence-electron chi connectivity index (χ4n) is 3.38. The van der Waals surface area contributed by atoms with E-state index in [4.69, 9.17) is 4.74 Å². The van der Waals surface area contributed by atoms with Crippen molar-refractivity contribution in [3.63, 3.8) is 0 Å². The average molecular weight is 290 g/mol. The van der Waals surface area contributed by atoms with Crippen molar-refractivity contribution in [2.75, 3.05) is 19.8 Å². The SMILES string of the molecule is O=C1N(CC2CCOC2)C(c2ccc(F)cc2)NC12CC2. The zero-order valence-electron chi connectivity index (χ0n) is 11.8. The molecule has 2 atom stereocenters. The Morgan fingerprint density at radius 1 is 1.33 bits per heavy atom. The fraction of sp³-hybridized carbons (Fsp3) is 0.562. The van der Waals surface area contributed by atoms with Crippen molar-refractivity contribution in [3.8, 4) is 0 Å². The maximum atomic E-state index is 13.1. The lowest BCUT2D eigenvalue weighted by Crippen LogP contribution is -2.36. The highest BCUT2D eigenvalue weighted by atomic mass is 19.1. The van der Waals surface area contributed by atoms with E-state index in [1.807, 2.05) is 4.90 Å². The summed E-state index contributed by atoms with van der Waals surface area (Å²) in [6, 6.07) is 6.44. The molecule has 4 nitrogen and oxygen atoms in total. The molecule has 3 fully saturated rings. The van der Waals surface area contributed by atoms with Gasteiger partial charge in [-0.3, -0.25) is 10.1 Å². The quantitative estimate of drug-likeness (QED) is 0.923. The number of benzene rings is 1. The van der Waals surface area contributed by atoms with Crippen molar-refractivity contribution in [3.05, 3.63) is 35.6 Å². The first-order valence-corrected chi connectivity index (χ1v) is 7.60. The van der Waals surface area contributed by atoms with Crippen LogP contribution in [0.15, 0.2) is 24.3 Å². The predicted octanol–water partition coefficient (Wildman–Crippen LogP) is 1.83. The number of hydrogen-bond acceptors (Lipinski definition) is 3. The highest BCUT2D eigenvalue weighted by Gasteiger charge is 2.59. The molecule has 5 heteroatoms. The van der Waals surface area contributed by atoms with Crippen LogP contribution in [0.2, 0.25) is 0 Å². The van der Waals surface area contributed by atoms with Gasteiger partial charge in [0.05, 0.1) is 6.61 Å². The van der Waals surface area contributed by atoms with Crippen LogP contribution in [0.3, 0.4) is 0 Å². The van der Waals surface area contributed by atoms with Crippen molar-refractivity contribution in [2.45, 2.75) is 31.0 Å². The minimum Gasteiger partial charge on any atom is -0.381 e. The lowest BCUT2D eigenvalue weighted by atomic mass is 10.1. The highest BCUT2D eigenvalue weighted by Crippen LogP contribution is 2.46. The van der Waals surface area contributed by atoms with Crippen molar-refractivity contribution < 1.29 is 13.9 Å². The van der Waals surface area contributed by atoms with Crippen LogP contribution in [-0.2, 0) is 9.53 Å². The van der Waals surface area contributed by atoms with Gasteiger partial charge in [-0.15, -0.1) is 0 Å². The second-order valence-corrected chi connectivity index (χ2v) is 6.37. The zero-order chi connectivity index (χ0) is 14.4. The van der Waals surface area contributed by atoms with Crippen LogP contribution >= 0.6 is 0 Å². The minimum atomic E-state index is -0.349. The third-order valence-corrected chi connectivity index (χ3v) is 4.81. The van der Waals surface area contributed by atoms with Gasteiger partial charge in [-0.25, -0.2) is 4.39 Å². The maximum Gasteiger partial charge on any atom is 0.244 e. The molecule has 0 radical (unpaired) electrons. The highest BCUT2D eigenvalue weighted by molar-refractivity contribution is 5.92. The molecular weight excluding hydrogens is 271 g/mol. The van der Waals surface area contributed by atoms with E-state index in [2.05, 4.69) is 5.32 Å². The zero-order valence-corrected chi connectivity index (χ0v) is 11.8. The number of halogens is 1. The molecule has 1 aromatic rings. The monoisotopic (exact) mass is 290 g/mol. The van der Waals surface area contributed by atoms with Crippen LogP contribution in [0.5, 0.6) is 0 Å². The molecule has 4 rings (SSSR count). The van der Waals surface area contributed by atoms with E-state index in [1.54, 1.807) is 12.1 Å². The third kappa shape index (κ3) is 2.24. The summed E-state index contributed by atoms with van der Waals surface area (Å²) in [5, 5.41) is 3.46. The predicted molar refractivity (Wildman–Crippen MR) is 74.9 cm³/mol. The van der Waals surface area contributed by atoms with Gasteiger partial charge in [-0.05, 0) is 37.0 Å². The van der Waals surface area contributed by atoms with E-state index in [1.165, 1.54) is 12.1 Å². The first-order chi connectivity index (χ1) is 10.2. The van der Waals surface area contributed by atoms with Crippen LogP contribution in [0, 0.1) is 11.7 Å². The van der Waals surface area contributed by atoms with E-state index >= 15 is 0 Å². The van der Waals surface area contributed by atoms with Crippen molar-refractivity contribution in [1.29, 1.82) is 0 Å². The average Bonchev–Trinajstić information content (AvgIpc) is 2.99. The molecule has 2 unspecified atom stereocenters. The van der Waals surface area contributed by atoms with Crippen LogP contribution in [-0.4, -0.2) is 36.1 Å². The minimum absolute atomic E-state index is 0.138. The molecule has 21 heavy (non-hydrogen) atoms. The maximum absolute atomic E-state index is 13.1. The Hall–Kier alpha value is -1.46. The smallest absolute Gasteiger partial charge is 0.244 e. The van der Waals surface area contributed by atoms with Gasteiger partial charge in [0.25, 0.3) is 0 Å². The van der Waals surface area contributed by atoms with Gasteiger partial charge in [0.2, 0.25) is 5.91 Å². The van der Waals surface area contributed by atoms with Gasteiger partial charge in [-0.2, -0.15) is 0 Å². The first kappa shape index (κ1) is 13.2. The summed E-state index contributed by atoms with van der Waals surface area (Å²) >= 11 is 0. The summed E-state index contributed by atoms with van der Waals surface area (Å²) in [7, 11) is 0. The van der Waals surface area contributed by atoms with Crippen molar-refractivity contribution in [2.24, 2.45) is 5.92 Å². The molecule has 2 saturated heterocycles. The lowest BCUT2D eigenvalue weighted by Gasteiger charge is -2.26. The second kappa shape index (κ2) is 4.78. The summed E-state index contributed by atoms with van der Waals surface area (Å²) in [5.74, 6) is 0.358. The number of nitrogens with one attached hydrogen (secondary N) is 1. The molecule has 1 N–H and O–H groups in total. The number of carbonyl (C=O) groups excluding carboxylic acids is 1. The van der Waals surface area contributed by atoms with E-state index in [0.29, 0.717) is 5.92 Å². The third-order valence-electron chi connectivity index (χ3n) is 4.81. The summed E-state index contributed by atoms with van der Waals surface area (Å²) in [6.45, 7) is 2.23. The Labute approximate surface area is 123 Å². The van der Waals surface area contributed by atoms with Gasteiger partial charge >= 0.3 is 0 Å². The number of carbonyl (C=O) groups is 1. The van der Waals surface area contributed by atoms with Crippen LogP contribution in [0.25, 0.3) is 0 Å².